The minimum absolute atomic E-state index is 0.0903. The van der Waals surface area contributed by atoms with Crippen LogP contribution in [0.5, 0.6) is 5.75 Å². The molecule has 1 aromatic rings. The average molecular weight is 351 g/mol. The van der Waals surface area contributed by atoms with E-state index >= 15 is 0 Å². The standard InChI is InChI=1S/C16H21N3O4S/c1-3-23-12-6-4-11(5-7-12)18-14(20)10-13-15(21)19-16(24-13)17-8-9-22-2/h4-7,13H,3,8-10H2,1-2H3,(H,18,20)(H,17,19,21). The Morgan fingerprint density at radius 1 is 1.38 bits per heavy atom. The molecule has 0 saturated carbocycles. The molecule has 0 aromatic heterocycles. The quantitative estimate of drug-likeness (QED) is 0.695. The van der Waals surface area contributed by atoms with Gasteiger partial charge in [0, 0.05) is 19.2 Å². The van der Waals surface area contributed by atoms with Gasteiger partial charge in [0.15, 0.2) is 5.17 Å². The molecule has 0 bridgehead atoms. The maximum Gasteiger partial charge on any atom is 0.240 e. The zero-order chi connectivity index (χ0) is 17.4. The van der Waals surface area contributed by atoms with E-state index in [1.165, 1.54) is 11.8 Å². The smallest absolute Gasteiger partial charge is 0.240 e. The van der Waals surface area contributed by atoms with Crippen LogP contribution in [0.15, 0.2) is 29.3 Å². The fraction of sp³-hybridized carbons (Fsp3) is 0.438. The number of nitrogens with one attached hydrogen (secondary N) is 2. The number of hydrogen-bond donors (Lipinski definition) is 2. The first-order chi connectivity index (χ1) is 11.6. The van der Waals surface area contributed by atoms with Gasteiger partial charge in [-0.2, -0.15) is 0 Å². The van der Waals surface area contributed by atoms with Crippen molar-refractivity contribution in [2.75, 3.05) is 32.2 Å². The fourth-order valence-corrected chi connectivity index (χ4v) is 3.03. The largest absolute Gasteiger partial charge is 0.494 e. The molecule has 1 aromatic carbocycles. The van der Waals surface area contributed by atoms with E-state index in [-0.39, 0.29) is 18.2 Å². The van der Waals surface area contributed by atoms with E-state index in [4.69, 9.17) is 9.47 Å². The molecule has 1 heterocycles. The highest BCUT2D eigenvalue weighted by atomic mass is 32.2. The summed E-state index contributed by atoms with van der Waals surface area (Å²) in [6.07, 6.45) is 0.0903. The van der Waals surface area contributed by atoms with Crippen LogP contribution in [-0.2, 0) is 14.3 Å². The first-order valence-electron chi connectivity index (χ1n) is 7.66. The molecule has 0 spiro atoms. The lowest BCUT2D eigenvalue weighted by molar-refractivity contribution is -0.122. The van der Waals surface area contributed by atoms with E-state index in [9.17, 15) is 9.59 Å². The van der Waals surface area contributed by atoms with Crippen molar-refractivity contribution in [3.8, 4) is 5.75 Å². The number of anilines is 1. The minimum atomic E-state index is -0.464. The molecule has 7 nitrogen and oxygen atoms in total. The number of thioether (sulfide) groups is 1. The second-order valence-electron chi connectivity index (χ2n) is 4.99. The summed E-state index contributed by atoms with van der Waals surface area (Å²) in [7, 11) is 1.59. The van der Waals surface area contributed by atoms with Gasteiger partial charge in [-0.25, -0.2) is 0 Å². The summed E-state index contributed by atoms with van der Waals surface area (Å²) in [5.74, 6) is 0.334. The topological polar surface area (TPSA) is 89.0 Å². The van der Waals surface area contributed by atoms with Crippen LogP contribution in [0.1, 0.15) is 13.3 Å². The Hall–Kier alpha value is -2.06. The zero-order valence-corrected chi connectivity index (χ0v) is 14.5. The third-order valence-electron chi connectivity index (χ3n) is 3.15. The Kier molecular flexibility index (Phi) is 7.07. The molecule has 1 atom stereocenters. The monoisotopic (exact) mass is 351 g/mol. The molecule has 1 aliphatic rings. The van der Waals surface area contributed by atoms with E-state index in [1.807, 2.05) is 6.92 Å². The van der Waals surface area contributed by atoms with Gasteiger partial charge in [-0.3, -0.25) is 14.6 Å². The van der Waals surface area contributed by atoms with Gasteiger partial charge in [0.2, 0.25) is 11.8 Å². The van der Waals surface area contributed by atoms with Crippen LogP contribution in [0.2, 0.25) is 0 Å². The maximum absolute atomic E-state index is 12.1. The Morgan fingerprint density at radius 2 is 2.12 bits per heavy atom. The van der Waals surface area contributed by atoms with Gasteiger partial charge in [0.1, 0.15) is 11.0 Å². The van der Waals surface area contributed by atoms with Crippen molar-refractivity contribution in [3.63, 3.8) is 0 Å². The number of amidine groups is 1. The van der Waals surface area contributed by atoms with Crippen LogP contribution in [0.3, 0.4) is 0 Å². The minimum Gasteiger partial charge on any atom is -0.494 e. The van der Waals surface area contributed by atoms with Gasteiger partial charge in [0.05, 0.1) is 19.8 Å². The van der Waals surface area contributed by atoms with E-state index < -0.39 is 5.25 Å². The van der Waals surface area contributed by atoms with Crippen molar-refractivity contribution in [2.45, 2.75) is 18.6 Å². The summed E-state index contributed by atoms with van der Waals surface area (Å²) < 4.78 is 10.3. The molecule has 1 unspecified atom stereocenters. The van der Waals surface area contributed by atoms with Gasteiger partial charge >= 0.3 is 0 Å². The number of carbonyl (C=O) groups is 2. The van der Waals surface area contributed by atoms with Crippen molar-refractivity contribution in [3.05, 3.63) is 24.3 Å². The summed E-state index contributed by atoms with van der Waals surface area (Å²) in [6, 6.07) is 7.11. The number of nitrogens with zero attached hydrogens (tertiary/aromatic N) is 1. The molecule has 1 fully saturated rings. The summed E-state index contributed by atoms with van der Waals surface area (Å²) in [6.45, 7) is 3.47. The van der Waals surface area contributed by atoms with Crippen LogP contribution in [0.25, 0.3) is 0 Å². The number of hydrogen-bond acceptors (Lipinski definition) is 6. The third kappa shape index (κ3) is 5.54. The van der Waals surface area contributed by atoms with Crippen LogP contribution in [0.4, 0.5) is 5.69 Å². The third-order valence-corrected chi connectivity index (χ3v) is 4.27. The van der Waals surface area contributed by atoms with Crippen molar-refractivity contribution >= 4 is 34.4 Å². The van der Waals surface area contributed by atoms with Gasteiger partial charge in [-0.15, -0.1) is 0 Å². The molecule has 8 heteroatoms. The summed E-state index contributed by atoms with van der Waals surface area (Å²) >= 11 is 1.27. The van der Waals surface area contributed by atoms with Crippen molar-refractivity contribution < 1.29 is 19.1 Å². The van der Waals surface area contributed by atoms with Crippen LogP contribution < -0.4 is 15.4 Å². The molecule has 2 rings (SSSR count). The second-order valence-corrected chi connectivity index (χ2v) is 6.18. The van der Waals surface area contributed by atoms with Crippen LogP contribution in [0, 0.1) is 0 Å². The van der Waals surface area contributed by atoms with Gasteiger partial charge in [-0.05, 0) is 31.2 Å². The number of aliphatic imine (C=N–C) groups is 1. The highest BCUT2D eigenvalue weighted by molar-refractivity contribution is 8.15. The van der Waals surface area contributed by atoms with E-state index in [1.54, 1.807) is 31.4 Å². The number of carbonyl (C=O) groups excluding carboxylic acids is 2. The molecular formula is C16H21N3O4S. The molecule has 2 N–H and O–H groups in total. The number of rotatable bonds is 8. The van der Waals surface area contributed by atoms with Gasteiger partial charge < -0.3 is 20.1 Å². The zero-order valence-electron chi connectivity index (χ0n) is 13.7. The van der Waals surface area contributed by atoms with Crippen molar-refractivity contribution in [1.82, 2.24) is 5.32 Å². The number of amides is 2. The molecule has 130 valence electrons. The highest BCUT2D eigenvalue weighted by Crippen LogP contribution is 2.23. The molecular weight excluding hydrogens is 330 g/mol. The molecule has 0 radical (unpaired) electrons. The summed E-state index contributed by atoms with van der Waals surface area (Å²) in [4.78, 5) is 28.2. The second kappa shape index (κ2) is 9.29. The lowest BCUT2D eigenvalue weighted by atomic mass is 10.2. The fourth-order valence-electron chi connectivity index (χ4n) is 2.03. The number of benzene rings is 1. The van der Waals surface area contributed by atoms with Crippen LogP contribution >= 0.6 is 11.8 Å². The Labute approximate surface area is 145 Å². The van der Waals surface area contributed by atoms with Gasteiger partial charge in [0.25, 0.3) is 0 Å². The maximum atomic E-state index is 12.1. The molecule has 0 aliphatic carbocycles. The first kappa shape index (κ1) is 18.3. The number of methoxy groups -OCH3 is 1. The lowest BCUT2D eigenvalue weighted by Crippen LogP contribution is -2.28. The first-order valence-corrected chi connectivity index (χ1v) is 8.54. The SMILES string of the molecule is CCOc1ccc(NC(=O)CC2SC(=NCCOC)NC2=O)cc1. The Bertz CT molecular complexity index is 604. The van der Waals surface area contributed by atoms with Crippen molar-refractivity contribution in [1.29, 1.82) is 0 Å². The Morgan fingerprint density at radius 3 is 2.79 bits per heavy atom. The molecule has 24 heavy (non-hydrogen) atoms. The number of ether oxygens (including phenoxy) is 2. The predicted molar refractivity (Wildman–Crippen MR) is 94.6 cm³/mol. The molecule has 1 aliphatic heterocycles. The normalized spacial score (nSPS) is 18.5. The van der Waals surface area contributed by atoms with Crippen molar-refractivity contribution in [2.24, 2.45) is 4.99 Å². The Balaban J connectivity index is 1.83. The van der Waals surface area contributed by atoms with E-state index in [2.05, 4.69) is 15.6 Å². The van der Waals surface area contributed by atoms with E-state index in [0.29, 0.717) is 30.6 Å². The van der Waals surface area contributed by atoms with E-state index in [0.717, 1.165) is 5.75 Å². The van der Waals surface area contributed by atoms with Crippen LogP contribution in [-0.4, -0.2) is 49.1 Å². The molecule has 1 saturated heterocycles. The lowest BCUT2D eigenvalue weighted by Gasteiger charge is -2.08. The molecule has 2 amide bonds. The highest BCUT2D eigenvalue weighted by Gasteiger charge is 2.31. The predicted octanol–water partition coefficient (Wildman–Crippen LogP) is 1.65. The summed E-state index contributed by atoms with van der Waals surface area (Å²) in [5, 5.41) is 5.53. The summed E-state index contributed by atoms with van der Waals surface area (Å²) in [5.41, 5.74) is 0.667. The van der Waals surface area contributed by atoms with Gasteiger partial charge in [-0.1, -0.05) is 11.8 Å². The average Bonchev–Trinajstić information content (AvgIpc) is 2.89.